The number of benzene rings is 1. The van der Waals surface area contributed by atoms with E-state index in [-0.39, 0.29) is 23.7 Å². The SMILES string of the molecule is CC(C)(CCCC#N)CNC[C@H](O)[C@H](Cc1ccccc1)NC(=O)O[C@H]1CO[C@H]2OCC[C@H]21. The molecule has 1 aromatic carbocycles. The van der Waals surface area contributed by atoms with Crippen molar-refractivity contribution in [2.24, 2.45) is 11.3 Å². The summed E-state index contributed by atoms with van der Waals surface area (Å²) in [5.74, 6) is 0.0678. The van der Waals surface area contributed by atoms with Crippen LogP contribution in [0.15, 0.2) is 30.3 Å². The molecule has 0 aliphatic carbocycles. The lowest BCUT2D eigenvalue weighted by Gasteiger charge is -2.28. The van der Waals surface area contributed by atoms with E-state index in [1.54, 1.807) is 0 Å². The third-order valence-corrected chi connectivity index (χ3v) is 6.41. The van der Waals surface area contributed by atoms with Crippen LogP contribution in [0.5, 0.6) is 0 Å². The quantitative estimate of drug-likeness (QED) is 0.412. The lowest BCUT2D eigenvalue weighted by atomic mass is 9.87. The van der Waals surface area contributed by atoms with Gasteiger partial charge < -0.3 is 30.0 Å². The molecule has 182 valence electrons. The Balaban J connectivity index is 1.53. The fourth-order valence-corrected chi connectivity index (χ4v) is 4.46. The van der Waals surface area contributed by atoms with E-state index in [1.165, 1.54) is 0 Å². The maximum atomic E-state index is 12.7. The molecule has 0 unspecified atom stereocenters. The fraction of sp³-hybridized carbons (Fsp3) is 0.680. The van der Waals surface area contributed by atoms with Gasteiger partial charge in [-0.05, 0) is 36.7 Å². The van der Waals surface area contributed by atoms with E-state index in [1.807, 2.05) is 30.3 Å². The number of nitrogens with zero attached hydrogens (tertiary/aromatic N) is 1. The fourth-order valence-electron chi connectivity index (χ4n) is 4.46. The Labute approximate surface area is 196 Å². The predicted octanol–water partition coefficient (Wildman–Crippen LogP) is 2.76. The summed E-state index contributed by atoms with van der Waals surface area (Å²) >= 11 is 0. The highest BCUT2D eigenvalue weighted by Crippen LogP contribution is 2.33. The average Bonchev–Trinajstić information content (AvgIpc) is 3.39. The van der Waals surface area contributed by atoms with E-state index in [2.05, 4.69) is 30.6 Å². The molecule has 0 radical (unpaired) electrons. The van der Waals surface area contributed by atoms with Crippen molar-refractivity contribution in [2.75, 3.05) is 26.3 Å². The summed E-state index contributed by atoms with van der Waals surface area (Å²) in [7, 11) is 0. The van der Waals surface area contributed by atoms with Crippen molar-refractivity contribution in [1.82, 2.24) is 10.6 Å². The number of unbranched alkanes of at least 4 members (excludes halogenated alkanes) is 1. The Bertz CT molecular complexity index is 782. The number of nitriles is 1. The monoisotopic (exact) mass is 459 g/mol. The van der Waals surface area contributed by atoms with Crippen LogP contribution in [0, 0.1) is 22.7 Å². The summed E-state index contributed by atoms with van der Waals surface area (Å²) in [5.41, 5.74) is 1.03. The number of amides is 1. The van der Waals surface area contributed by atoms with Crippen LogP contribution in [-0.4, -0.2) is 62.0 Å². The minimum atomic E-state index is -0.796. The molecule has 2 saturated heterocycles. The van der Waals surface area contributed by atoms with Crippen LogP contribution in [0.2, 0.25) is 0 Å². The summed E-state index contributed by atoms with van der Waals surface area (Å²) in [5, 5.41) is 25.9. The zero-order valence-corrected chi connectivity index (χ0v) is 19.7. The number of aliphatic hydroxyl groups is 1. The van der Waals surface area contributed by atoms with Gasteiger partial charge in [-0.3, -0.25) is 0 Å². The van der Waals surface area contributed by atoms with Crippen LogP contribution >= 0.6 is 0 Å². The number of fused-ring (bicyclic) bond motifs is 1. The van der Waals surface area contributed by atoms with Crippen molar-refractivity contribution in [3.8, 4) is 6.07 Å². The topological polar surface area (TPSA) is 113 Å². The largest absolute Gasteiger partial charge is 0.443 e. The van der Waals surface area contributed by atoms with Crippen molar-refractivity contribution >= 4 is 6.09 Å². The van der Waals surface area contributed by atoms with Crippen LogP contribution < -0.4 is 10.6 Å². The summed E-state index contributed by atoms with van der Waals surface area (Å²) in [6.45, 7) is 6.28. The van der Waals surface area contributed by atoms with Gasteiger partial charge in [-0.2, -0.15) is 5.26 Å². The number of alkyl carbamates (subject to hydrolysis) is 1. The molecular weight excluding hydrogens is 422 g/mol. The van der Waals surface area contributed by atoms with E-state index < -0.39 is 18.2 Å². The molecule has 8 nitrogen and oxygen atoms in total. The maximum absolute atomic E-state index is 12.7. The first-order valence-corrected chi connectivity index (χ1v) is 11.9. The smallest absolute Gasteiger partial charge is 0.407 e. The number of hydrogen-bond donors (Lipinski definition) is 3. The third-order valence-electron chi connectivity index (χ3n) is 6.41. The number of rotatable bonds is 12. The molecule has 33 heavy (non-hydrogen) atoms. The second-order valence-corrected chi connectivity index (χ2v) is 9.78. The lowest BCUT2D eigenvalue weighted by Crippen LogP contribution is -2.50. The molecule has 0 saturated carbocycles. The first kappa shape index (κ1) is 25.4. The third kappa shape index (κ3) is 7.97. The van der Waals surface area contributed by atoms with Gasteiger partial charge in [0.1, 0.15) is 6.10 Å². The molecular formula is C25H37N3O5. The van der Waals surface area contributed by atoms with Gasteiger partial charge in [0.15, 0.2) is 6.29 Å². The predicted molar refractivity (Wildman–Crippen MR) is 123 cm³/mol. The highest BCUT2D eigenvalue weighted by Gasteiger charge is 2.44. The standard InChI is InChI=1S/C25H37N3O5/c1-25(2,11-6-7-12-26)17-27-15-21(29)20(14-18-8-4-3-5-9-18)28-24(30)33-22-16-32-23-19(22)10-13-31-23/h3-5,8-9,19-23,27,29H,6-7,10-11,13-17H2,1-2H3,(H,28,30)/t19-,20-,21-,22-,23+/m0/s1. The summed E-state index contributed by atoms with van der Waals surface area (Å²) in [4.78, 5) is 12.7. The Morgan fingerprint density at radius 1 is 1.33 bits per heavy atom. The first-order chi connectivity index (χ1) is 15.9. The Morgan fingerprint density at radius 3 is 2.88 bits per heavy atom. The Kier molecular flexibility index (Phi) is 9.51. The molecule has 1 aromatic rings. The van der Waals surface area contributed by atoms with Gasteiger partial charge >= 0.3 is 6.09 Å². The normalized spacial score (nSPS) is 24.0. The molecule has 5 atom stereocenters. The number of hydrogen-bond acceptors (Lipinski definition) is 7. The van der Waals surface area contributed by atoms with Gasteiger partial charge in [-0.15, -0.1) is 0 Å². The van der Waals surface area contributed by atoms with Gasteiger partial charge in [0, 0.05) is 19.5 Å². The van der Waals surface area contributed by atoms with Gasteiger partial charge in [-0.25, -0.2) is 4.79 Å². The number of ether oxygens (including phenoxy) is 3. The summed E-state index contributed by atoms with van der Waals surface area (Å²) < 4.78 is 16.7. The highest BCUT2D eigenvalue weighted by molar-refractivity contribution is 5.68. The summed E-state index contributed by atoms with van der Waals surface area (Å²) in [6.07, 6.45) is 1.67. The zero-order valence-electron chi connectivity index (χ0n) is 19.7. The maximum Gasteiger partial charge on any atom is 0.407 e. The molecule has 3 N–H and O–H groups in total. The van der Waals surface area contributed by atoms with Gasteiger partial charge in [0.25, 0.3) is 0 Å². The number of nitrogens with one attached hydrogen (secondary N) is 2. The van der Waals surface area contributed by atoms with Crippen molar-refractivity contribution in [1.29, 1.82) is 5.26 Å². The molecule has 2 fully saturated rings. The molecule has 8 heteroatoms. The van der Waals surface area contributed by atoms with Crippen LogP contribution in [-0.2, 0) is 20.6 Å². The van der Waals surface area contributed by atoms with Crippen molar-refractivity contribution < 1.29 is 24.1 Å². The number of carbonyl (C=O) groups excluding carboxylic acids is 1. The molecule has 0 aromatic heterocycles. The molecule has 0 bridgehead atoms. The Hall–Kier alpha value is -2.18. The second-order valence-electron chi connectivity index (χ2n) is 9.78. The molecule has 1 amide bonds. The van der Waals surface area contributed by atoms with Crippen LogP contribution in [0.1, 0.15) is 45.1 Å². The molecule has 3 rings (SSSR count). The number of aliphatic hydroxyl groups excluding tert-OH is 1. The molecule has 2 heterocycles. The van der Waals surface area contributed by atoms with E-state index in [0.717, 1.165) is 24.8 Å². The van der Waals surface area contributed by atoms with Crippen LogP contribution in [0.4, 0.5) is 4.79 Å². The van der Waals surface area contributed by atoms with E-state index >= 15 is 0 Å². The van der Waals surface area contributed by atoms with Crippen molar-refractivity contribution in [2.45, 2.75) is 70.5 Å². The van der Waals surface area contributed by atoms with Crippen LogP contribution in [0.25, 0.3) is 0 Å². The average molecular weight is 460 g/mol. The molecule has 0 spiro atoms. The van der Waals surface area contributed by atoms with Gasteiger partial charge in [0.2, 0.25) is 0 Å². The van der Waals surface area contributed by atoms with Crippen molar-refractivity contribution in [3.05, 3.63) is 35.9 Å². The first-order valence-electron chi connectivity index (χ1n) is 11.9. The second kappa shape index (κ2) is 12.3. The van der Waals surface area contributed by atoms with Gasteiger partial charge in [0.05, 0.1) is 37.3 Å². The zero-order chi connectivity index (χ0) is 23.7. The van der Waals surface area contributed by atoms with Crippen LogP contribution in [0.3, 0.4) is 0 Å². The van der Waals surface area contributed by atoms with E-state index in [0.29, 0.717) is 39.1 Å². The number of carbonyl (C=O) groups is 1. The Morgan fingerprint density at radius 2 is 2.12 bits per heavy atom. The van der Waals surface area contributed by atoms with Gasteiger partial charge in [-0.1, -0.05) is 44.2 Å². The van der Waals surface area contributed by atoms with Crippen molar-refractivity contribution in [3.63, 3.8) is 0 Å². The van der Waals surface area contributed by atoms with E-state index in [9.17, 15) is 9.90 Å². The molecule has 2 aliphatic heterocycles. The lowest BCUT2D eigenvalue weighted by molar-refractivity contribution is -0.0907. The minimum Gasteiger partial charge on any atom is -0.443 e. The summed E-state index contributed by atoms with van der Waals surface area (Å²) in [6, 6.07) is 11.4. The minimum absolute atomic E-state index is 0.0141. The molecule has 2 aliphatic rings. The highest BCUT2D eigenvalue weighted by atomic mass is 16.7. The van der Waals surface area contributed by atoms with E-state index in [4.69, 9.17) is 19.5 Å².